The van der Waals surface area contributed by atoms with Gasteiger partial charge < -0.3 is 20.3 Å². The largest absolute Gasteiger partial charge is 0.376 e. The zero-order valence-electron chi connectivity index (χ0n) is 22.4. The highest BCUT2D eigenvalue weighted by Gasteiger charge is 2.35. The van der Waals surface area contributed by atoms with Gasteiger partial charge in [0.25, 0.3) is 0 Å². The van der Waals surface area contributed by atoms with Gasteiger partial charge in [-0.05, 0) is 56.7 Å². The van der Waals surface area contributed by atoms with E-state index in [1.54, 1.807) is 29.3 Å². The third-order valence-corrected chi connectivity index (χ3v) is 7.38. The third-order valence-electron chi connectivity index (χ3n) is 7.38. The zero-order valence-corrected chi connectivity index (χ0v) is 22.4. The SMILES string of the molecule is Cc1ccc([C@H](C(=O)NC2CCCCC2)N(C[C@@H]2CCCO2)C(=O)CCCC(=O)Nc2ccccn2)cc1. The van der Waals surface area contributed by atoms with Gasteiger partial charge in [0.05, 0.1) is 6.10 Å². The molecule has 8 heteroatoms. The van der Waals surface area contributed by atoms with Crippen LogP contribution >= 0.6 is 0 Å². The lowest BCUT2D eigenvalue weighted by atomic mass is 9.94. The van der Waals surface area contributed by atoms with Crippen molar-refractivity contribution in [2.45, 2.75) is 89.3 Å². The predicted octanol–water partition coefficient (Wildman–Crippen LogP) is 4.70. The van der Waals surface area contributed by atoms with Crippen molar-refractivity contribution in [2.24, 2.45) is 0 Å². The maximum Gasteiger partial charge on any atom is 0.247 e. The maximum absolute atomic E-state index is 13.8. The number of amides is 3. The summed E-state index contributed by atoms with van der Waals surface area (Å²) in [7, 11) is 0. The van der Waals surface area contributed by atoms with E-state index in [1.807, 2.05) is 31.2 Å². The monoisotopic (exact) mass is 520 g/mol. The quantitative estimate of drug-likeness (QED) is 0.447. The Balaban J connectivity index is 1.48. The second kappa shape index (κ2) is 14.0. The first-order chi connectivity index (χ1) is 18.5. The smallest absolute Gasteiger partial charge is 0.247 e. The van der Waals surface area contributed by atoms with Gasteiger partial charge in [-0.15, -0.1) is 0 Å². The topological polar surface area (TPSA) is 101 Å². The van der Waals surface area contributed by atoms with E-state index in [0.29, 0.717) is 25.4 Å². The molecule has 2 heterocycles. The highest BCUT2D eigenvalue weighted by Crippen LogP contribution is 2.27. The second-order valence-electron chi connectivity index (χ2n) is 10.5. The Bertz CT molecular complexity index is 1050. The molecule has 1 aliphatic carbocycles. The van der Waals surface area contributed by atoms with Crippen LogP contribution in [0.2, 0.25) is 0 Å². The molecule has 38 heavy (non-hydrogen) atoms. The number of ether oxygens (including phenoxy) is 1. The molecule has 8 nitrogen and oxygen atoms in total. The summed E-state index contributed by atoms with van der Waals surface area (Å²) >= 11 is 0. The van der Waals surface area contributed by atoms with Crippen LogP contribution in [0.3, 0.4) is 0 Å². The van der Waals surface area contributed by atoms with Crippen molar-refractivity contribution in [1.82, 2.24) is 15.2 Å². The minimum Gasteiger partial charge on any atom is -0.376 e. The fourth-order valence-electron chi connectivity index (χ4n) is 5.29. The summed E-state index contributed by atoms with van der Waals surface area (Å²) in [5.41, 5.74) is 1.89. The Kier molecular flexibility index (Phi) is 10.3. The van der Waals surface area contributed by atoms with Crippen LogP contribution in [0, 0.1) is 6.92 Å². The number of pyridine rings is 1. The number of carbonyl (C=O) groups is 3. The van der Waals surface area contributed by atoms with Crippen molar-refractivity contribution in [1.29, 1.82) is 0 Å². The lowest BCUT2D eigenvalue weighted by molar-refractivity contribution is -0.143. The number of aryl methyl sites for hydroxylation is 1. The fourth-order valence-corrected chi connectivity index (χ4v) is 5.29. The molecule has 1 aromatic carbocycles. The number of benzene rings is 1. The predicted molar refractivity (Wildman–Crippen MR) is 146 cm³/mol. The van der Waals surface area contributed by atoms with Crippen molar-refractivity contribution < 1.29 is 19.1 Å². The molecule has 204 valence electrons. The van der Waals surface area contributed by atoms with Gasteiger partial charge in [-0.3, -0.25) is 14.4 Å². The summed E-state index contributed by atoms with van der Waals surface area (Å²) in [5, 5.41) is 6.01. The minimum absolute atomic E-state index is 0.0955. The normalized spacial score (nSPS) is 18.5. The molecule has 2 atom stereocenters. The average Bonchev–Trinajstić information content (AvgIpc) is 3.44. The van der Waals surface area contributed by atoms with Crippen LogP contribution in [0.1, 0.15) is 81.4 Å². The summed E-state index contributed by atoms with van der Waals surface area (Å²) in [6.45, 7) is 3.03. The van der Waals surface area contributed by atoms with E-state index in [0.717, 1.165) is 49.7 Å². The van der Waals surface area contributed by atoms with Gasteiger partial charge in [0, 0.05) is 38.2 Å². The Morgan fingerprint density at radius 1 is 1.00 bits per heavy atom. The number of hydrogen-bond acceptors (Lipinski definition) is 5. The van der Waals surface area contributed by atoms with Gasteiger partial charge in [-0.1, -0.05) is 55.2 Å². The zero-order chi connectivity index (χ0) is 26.7. The molecule has 2 aromatic rings. The number of anilines is 1. The van der Waals surface area contributed by atoms with E-state index < -0.39 is 6.04 Å². The van der Waals surface area contributed by atoms with Crippen LogP contribution in [0.4, 0.5) is 5.82 Å². The molecular formula is C30H40N4O4. The number of carbonyl (C=O) groups excluding carboxylic acids is 3. The molecule has 4 rings (SSSR count). The molecule has 1 saturated carbocycles. The number of rotatable bonds is 11. The van der Waals surface area contributed by atoms with Crippen LogP contribution < -0.4 is 10.6 Å². The van der Waals surface area contributed by atoms with Gasteiger partial charge in [-0.25, -0.2) is 4.98 Å². The average molecular weight is 521 g/mol. The lowest BCUT2D eigenvalue weighted by Crippen LogP contribution is -2.49. The number of nitrogens with one attached hydrogen (secondary N) is 2. The van der Waals surface area contributed by atoms with E-state index in [4.69, 9.17) is 4.74 Å². The fraction of sp³-hybridized carbons (Fsp3) is 0.533. The van der Waals surface area contributed by atoms with Crippen LogP contribution in [-0.2, 0) is 19.1 Å². The molecule has 0 spiro atoms. The van der Waals surface area contributed by atoms with Crippen molar-refractivity contribution in [3.8, 4) is 0 Å². The van der Waals surface area contributed by atoms with Crippen molar-refractivity contribution in [2.75, 3.05) is 18.5 Å². The van der Waals surface area contributed by atoms with Crippen LogP contribution in [-0.4, -0.2) is 52.9 Å². The summed E-state index contributed by atoms with van der Waals surface area (Å²) in [6.07, 6.45) is 9.43. The molecule has 1 saturated heterocycles. The molecule has 0 bridgehead atoms. The molecule has 2 aliphatic rings. The van der Waals surface area contributed by atoms with E-state index in [-0.39, 0.29) is 42.7 Å². The Morgan fingerprint density at radius 2 is 1.79 bits per heavy atom. The first-order valence-electron chi connectivity index (χ1n) is 14.0. The maximum atomic E-state index is 13.8. The van der Waals surface area contributed by atoms with Gasteiger partial charge >= 0.3 is 0 Å². The number of hydrogen-bond donors (Lipinski definition) is 2. The van der Waals surface area contributed by atoms with Crippen LogP contribution in [0.25, 0.3) is 0 Å². The van der Waals surface area contributed by atoms with Crippen molar-refractivity contribution >= 4 is 23.5 Å². The van der Waals surface area contributed by atoms with E-state index in [9.17, 15) is 14.4 Å². The Labute approximate surface area is 225 Å². The summed E-state index contributed by atoms with van der Waals surface area (Å²) in [4.78, 5) is 45.7. The van der Waals surface area contributed by atoms with Gasteiger partial charge in [0.15, 0.2) is 0 Å². The molecule has 0 unspecified atom stereocenters. The van der Waals surface area contributed by atoms with Crippen LogP contribution in [0.15, 0.2) is 48.7 Å². The first-order valence-corrected chi connectivity index (χ1v) is 14.0. The third kappa shape index (κ3) is 8.12. The highest BCUT2D eigenvalue weighted by molar-refractivity contribution is 5.91. The summed E-state index contributed by atoms with van der Waals surface area (Å²) < 4.78 is 5.88. The van der Waals surface area contributed by atoms with Crippen molar-refractivity contribution in [3.05, 3.63) is 59.8 Å². The molecule has 3 amide bonds. The molecule has 2 N–H and O–H groups in total. The minimum atomic E-state index is -0.739. The molecule has 1 aromatic heterocycles. The molecule has 1 aliphatic heterocycles. The van der Waals surface area contributed by atoms with Crippen molar-refractivity contribution in [3.63, 3.8) is 0 Å². The van der Waals surface area contributed by atoms with Gasteiger partial charge in [0.1, 0.15) is 11.9 Å². The van der Waals surface area contributed by atoms with E-state index in [2.05, 4.69) is 15.6 Å². The second-order valence-corrected chi connectivity index (χ2v) is 10.5. The van der Waals surface area contributed by atoms with Gasteiger partial charge in [-0.2, -0.15) is 0 Å². The standard InChI is InChI=1S/C30H40N4O4/c1-22-15-17-23(18-16-22)29(30(37)32-24-9-3-2-4-10-24)34(21-25-11-8-20-38-25)28(36)14-7-13-27(35)33-26-12-5-6-19-31-26/h5-6,12,15-19,24-25,29H,2-4,7-11,13-14,20-21H2,1H3,(H,32,37)(H,31,33,35)/t25-,29+/m0/s1. The van der Waals surface area contributed by atoms with Crippen LogP contribution in [0.5, 0.6) is 0 Å². The van der Waals surface area contributed by atoms with Gasteiger partial charge in [0.2, 0.25) is 17.7 Å². The Hall–Kier alpha value is -3.26. The first kappa shape index (κ1) is 27.8. The summed E-state index contributed by atoms with van der Waals surface area (Å²) in [6, 6.07) is 12.6. The molecule has 0 radical (unpaired) electrons. The lowest BCUT2D eigenvalue weighted by Gasteiger charge is -2.35. The number of aromatic nitrogens is 1. The van der Waals surface area contributed by atoms with E-state index >= 15 is 0 Å². The summed E-state index contributed by atoms with van der Waals surface area (Å²) in [5.74, 6) is 0.0189. The molecular weight excluding hydrogens is 480 g/mol. The molecule has 2 fully saturated rings. The van der Waals surface area contributed by atoms with E-state index in [1.165, 1.54) is 6.42 Å². The Morgan fingerprint density at radius 3 is 2.47 bits per heavy atom. The number of nitrogens with zero attached hydrogens (tertiary/aromatic N) is 2. The highest BCUT2D eigenvalue weighted by atomic mass is 16.5.